The van der Waals surface area contributed by atoms with Crippen LogP contribution in [0.25, 0.3) is 0 Å². The Morgan fingerprint density at radius 3 is 2.21 bits per heavy atom. The van der Waals surface area contributed by atoms with Crippen LogP contribution in [0.5, 0.6) is 0 Å². The number of esters is 1. The van der Waals surface area contributed by atoms with Crippen molar-refractivity contribution in [1.82, 2.24) is 9.80 Å². The number of amides is 2. The maximum Gasteiger partial charge on any atom is 0.321 e. The minimum Gasteiger partial charge on any atom is -0.463 e. The molecule has 6 nitrogen and oxygen atoms in total. The number of nitrogens with zero attached hydrogens (tertiary/aromatic N) is 2. The Kier molecular flexibility index (Phi) is 7.44. The molecule has 0 aliphatic heterocycles. The van der Waals surface area contributed by atoms with E-state index in [1.54, 1.807) is 14.1 Å². The lowest BCUT2D eigenvalue weighted by Crippen LogP contribution is -2.41. The molecule has 19 heavy (non-hydrogen) atoms. The van der Waals surface area contributed by atoms with E-state index in [0.717, 1.165) is 6.42 Å². The summed E-state index contributed by atoms with van der Waals surface area (Å²) in [6, 6.07) is -0.173. The zero-order valence-electron chi connectivity index (χ0n) is 12.9. The second-order valence-corrected chi connectivity index (χ2v) is 5.19. The average Bonchev–Trinajstić information content (AvgIpc) is 2.37. The van der Waals surface area contributed by atoms with Crippen LogP contribution in [0, 0.1) is 5.41 Å². The molecule has 0 aromatic rings. The Labute approximate surface area is 115 Å². The highest BCUT2D eigenvalue weighted by Crippen LogP contribution is 2.21. The molecule has 0 unspecified atom stereocenters. The van der Waals surface area contributed by atoms with E-state index in [0.29, 0.717) is 6.54 Å². The first-order valence-electron chi connectivity index (χ1n) is 6.38. The van der Waals surface area contributed by atoms with Crippen molar-refractivity contribution in [1.29, 1.82) is 0 Å². The van der Waals surface area contributed by atoms with Gasteiger partial charge in [0.05, 0.1) is 12.0 Å². The summed E-state index contributed by atoms with van der Waals surface area (Å²) >= 11 is 0. The topological polar surface area (TPSA) is 59.1 Å². The van der Waals surface area contributed by atoms with E-state index in [9.17, 15) is 9.59 Å². The van der Waals surface area contributed by atoms with Crippen molar-refractivity contribution in [3.8, 4) is 0 Å². The third kappa shape index (κ3) is 5.92. The van der Waals surface area contributed by atoms with Crippen LogP contribution in [0.15, 0.2) is 0 Å². The molecule has 0 spiro atoms. The van der Waals surface area contributed by atoms with Gasteiger partial charge in [0.15, 0.2) is 0 Å². The van der Waals surface area contributed by atoms with Gasteiger partial charge in [0, 0.05) is 21.2 Å². The fourth-order valence-electron chi connectivity index (χ4n) is 1.25. The zero-order valence-corrected chi connectivity index (χ0v) is 12.9. The van der Waals surface area contributed by atoms with Gasteiger partial charge in [-0.25, -0.2) is 4.79 Å². The largest absolute Gasteiger partial charge is 0.463 e. The molecule has 0 aliphatic rings. The van der Waals surface area contributed by atoms with E-state index < -0.39 is 5.41 Å². The van der Waals surface area contributed by atoms with Crippen LogP contribution in [-0.2, 0) is 14.3 Å². The van der Waals surface area contributed by atoms with Gasteiger partial charge in [0.1, 0.15) is 13.3 Å². The van der Waals surface area contributed by atoms with Crippen LogP contribution in [0.3, 0.4) is 0 Å². The fraction of sp³-hybridized carbons (Fsp3) is 0.846. The molecule has 0 saturated carbocycles. The van der Waals surface area contributed by atoms with Crippen LogP contribution in [0.1, 0.15) is 27.2 Å². The molecule has 0 heterocycles. The molecule has 112 valence electrons. The van der Waals surface area contributed by atoms with Gasteiger partial charge >= 0.3 is 12.0 Å². The fourth-order valence-corrected chi connectivity index (χ4v) is 1.25. The summed E-state index contributed by atoms with van der Waals surface area (Å²) < 4.78 is 10.0. The highest BCUT2D eigenvalue weighted by atomic mass is 16.5. The van der Waals surface area contributed by atoms with Crippen LogP contribution in [0.2, 0.25) is 0 Å². The predicted molar refractivity (Wildman–Crippen MR) is 72.7 cm³/mol. The molecule has 0 fully saturated rings. The molecule has 0 aliphatic carbocycles. The van der Waals surface area contributed by atoms with E-state index in [4.69, 9.17) is 9.47 Å². The summed E-state index contributed by atoms with van der Waals surface area (Å²) in [5, 5.41) is 0. The van der Waals surface area contributed by atoms with Crippen molar-refractivity contribution < 1.29 is 19.1 Å². The van der Waals surface area contributed by atoms with Gasteiger partial charge < -0.3 is 19.3 Å². The lowest BCUT2D eigenvalue weighted by Gasteiger charge is -2.25. The summed E-state index contributed by atoms with van der Waals surface area (Å²) in [6.07, 6.45) is 0.719. The molecule has 0 aromatic heterocycles. The zero-order chi connectivity index (χ0) is 15.1. The van der Waals surface area contributed by atoms with Crippen molar-refractivity contribution in [3.63, 3.8) is 0 Å². The molecule has 2 amide bonds. The normalized spacial score (nSPS) is 11.1. The van der Waals surface area contributed by atoms with Gasteiger partial charge in [-0.05, 0) is 20.3 Å². The lowest BCUT2D eigenvalue weighted by atomic mass is 9.91. The van der Waals surface area contributed by atoms with E-state index in [-0.39, 0.29) is 25.3 Å². The molecular formula is C13H26N2O4. The summed E-state index contributed by atoms with van der Waals surface area (Å²) in [4.78, 5) is 26.5. The second-order valence-electron chi connectivity index (χ2n) is 5.19. The number of urea groups is 1. The molecule has 0 aromatic carbocycles. The molecule has 0 atom stereocenters. The van der Waals surface area contributed by atoms with Gasteiger partial charge in [0.2, 0.25) is 0 Å². The SMILES string of the molecule is CCC(C)(C)C(=O)OCCN(C)C(=O)N(C)COC. The Morgan fingerprint density at radius 1 is 1.16 bits per heavy atom. The number of carbonyl (C=O) groups is 2. The molecule has 0 bridgehead atoms. The van der Waals surface area contributed by atoms with Crippen LogP contribution in [-0.4, -0.2) is 62.9 Å². The first-order valence-corrected chi connectivity index (χ1v) is 6.38. The summed E-state index contributed by atoms with van der Waals surface area (Å²) in [6.45, 7) is 6.42. The minimum atomic E-state index is -0.477. The van der Waals surface area contributed by atoms with Crippen molar-refractivity contribution in [2.24, 2.45) is 5.41 Å². The Hall–Kier alpha value is -1.30. The summed E-state index contributed by atoms with van der Waals surface area (Å²) in [5.74, 6) is -0.235. The summed E-state index contributed by atoms with van der Waals surface area (Å²) in [5.41, 5.74) is -0.477. The molecule has 0 N–H and O–H groups in total. The Balaban J connectivity index is 4.08. The maximum absolute atomic E-state index is 11.8. The molecular weight excluding hydrogens is 248 g/mol. The highest BCUT2D eigenvalue weighted by molar-refractivity contribution is 5.76. The van der Waals surface area contributed by atoms with Crippen molar-refractivity contribution in [2.45, 2.75) is 27.2 Å². The Bertz CT molecular complexity index is 305. The molecule has 0 saturated heterocycles. The Morgan fingerprint density at radius 2 is 1.74 bits per heavy atom. The second kappa shape index (κ2) is 7.99. The number of likely N-dealkylation sites (N-methyl/N-ethyl adjacent to an activating group) is 1. The molecule has 0 rings (SSSR count). The maximum atomic E-state index is 11.8. The number of rotatable bonds is 7. The highest BCUT2D eigenvalue weighted by Gasteiger charge is 2.27. The predicted octanol–water partition coefficient (Wildman–Crippen LogP) is 1.55. The number of ether oxygens (including phenoxy) is 2. The third-order valence-electron chi connectivity index (χ3n) is 3.07. The van der Waals surface area contributed by atoms with Crippen LogP contribution in [0.4, 0.5) is 4.79 Å². The first kappa shape index (κ1) is 17.7. The van der Waals surface area contributed by atoms with E-state index in [2.05, 4.69) is 0 Å². The smallest absolute Gasteiger partial charge is 0.321 e. The van der Waals surface area contributed by atoms with Gasteiger partial charge in [-0.3, -0.25) is 4.79 Å². The van der Waals surface area contributed by atoms with E-state index in [1.807, 2.05) is 20.8 Å². The quantitative estimate of drug-likeness (QED) is 0.522. The number of methoxy groups -OCH3 is 1. The van der Waals surface area contributed by atoms with Crippen molar-refractivity contribution in [2.75, 3.05) is 41.1 Å². The van der Waals surface area contributed by atoms with Crippen molar-refractivity contribution in [3.05, 3.63) is 0 Å². The monoisotopic (exact) mass is 274 g/mol. The number of carbonyl (C=O) groups excluding carboxylic acids is 2. The van der Waals surface area contributed by atoms with Crippen LogP contribution >= 0.6 is 0 Å². The minimum absolute atomic E-state index is 0.173. The summed E-state index contributed by atoms with van der Waals surface area (Å²) in [7, 11) is 4.83. The van der Waals surface area contributed by atoms with Gasteiger partial charge in [-0.2, -0.15) is 0 Å². The van der Waals surface area contributed by atoms with E-state index in [1.165, 1.54) is 16.9 Å². The van der Waals surface area contributed by atoms with Crippen LogP contribution < -0.4 is 0 Å². The standard InChI is InChI=1S/C13H26N2O4/c1-7-13(2,3)11(16)19-9-8-14(4)12(17)15(5)10-18-6/h7-10H2,1-6H3. The van der Waals surface area contributed by atoms with Gasteiger partial charge in [-0.1, -0.05) is 6.92 Å². The third-order valence-corrected chi connectivity index (χ3v) is 3.07. The molecule has 6 heteroatoms. The first-order chi connectivity index (χ1) is 8.76. The van der Waals surface area contributed by atoms with Gasteiger partial charge in [0.25, 0.3) is 0 Å². The van der Waals surface area contributed by atoms with Gasteiger partial charge in [-0.15, -0.1) is 0 Å². The number of hydrogen-bond donors (Lipinski definition) is 0. The number of hydrogen-bond acceptors (Lipinski definition) is 4. The molecule has 0 radical (unpaired) electrons. The van der Waals surface area contributed by atoms with Crippen molar-refractivity contribution >= 4 is 12.0 Å². The van der Waals surface area contributed by atoms with E-state index >= 15 is 0 Å². The average molecular weight is 274 g/mol. The lowest BCUT2D eigenvalue weighted by molar-refractivity contribution is -0.154.